The van der Waals surface area contributed by atoms with Crippen LogP contribution in [0.5, 0.6) is 5.75 Å². The molecule has 1 aromatic heterocycles. The smallest absolute Gasteiger partial charge is 0.286 e. The van der Waals surface area contributed by atoms with Gasteiger partial charge in [0.05, 0.1) is 11.9 Å². The second-order valence-corrected chi connectivity index (χ2v) is 6.97. The van der Waals surface area contributed by atoms with Crippen molar-refractivity contribution in [1.29, 1.82) is 0 Å². The van der Waals surface area contributed by atoms with Crippen molar-refractivity contribution >= 4 is 22.9 Å². The molecule has 130 valence electrons. The minimum absolute atomic E-state index is 0.211. The number of carbonyl (C=O) groups excluding carboxylic acids is 2. The molecule has 1 aliphatic heterocycles. The number of hydrogen-bond donors (Lipinski definition) is 1. The quantitative estimate of drug-likeness (QED) is 0.825. The number of nitrogens with zero attached hydrogens (tertiary/aromatic N) is 1. The first-order valence-electron chi connectivity index (χ1n) is 8.31. The Kier molecular flexibility index (Phi) is 5.71. The molecule has 5 nitrogen and oxygen atoms in total. The van der Waals surface area contributed by atoms with Gasteiger partial charge in [-0.25, -0.2) is 0 Å². The van der Waals surface area contributed by atoms with Crippen molar-refractivity contribution in [2.45, 2.75) is 31.4 Å². The van der Waals surface area contributed by atoms with Gasteiger partial charge in [0.15, 0.2) is 0 Å². The molecular weight excluding hydrogens is 336 g/mol. The van der Waals surface area contributed by atoms with E-state index in [1.165, 1.54) is 5.56 Å². The average Bonchev–Trinajstić information content (AvgIpc) is 2.94. The van der Waals surface area contributed by atoms with Crippen LogP contribution in [-0.4, -0.2) is 28.0 Å². The minimum Gasteiger partial charge on any atom is -0.493 e. The molecule has 1 atom stereocenters. The molecular formula is C19H20N2O3S. The Hall–Kier alpha value is -2.34. The summed E-state index contributed by atoms with van der Waals surface area (Å²) in [7, 11) is 0. The van der Waals surface area contributed by atoms with Gasteiger partial charge >= 0.3 is 0 Å². The SMILES string of the molecule is CCc1cccnc1CCOc1ccc(C[C@@H]2SC(=O)NC2=O)cc1. The number of ether oxygens (including phenoxy) is 1. The number of imide groups is 1. The van der Waals surface area contributed by atoms with E-state index in [0.717, 1.165) is 41.6 Å². The molecule has 1 fully saturated rings. The highest BCUT2D eigenvalue weighted by molar-refractivity contribution is 8.15. The number of pyridine rings is 1. The van der Waals surface area contributed by atoms with Gasteiger partial charge in [-0.1, -0.05) is 36.9 Å². The van der Waals surface area contributed by atoms with Crippen LogP contribution in [-0.2, 0) is 24.1 Å². The van der Waals surface area contributed by atoms with Gasteiger partial charge in [0.2, 0.25) is 5.91 Å². The fourth-order valence-electron chi connectivity index (χ4n) is 2.75. The highest BCUT2D eigenvalue weighted by Crippen LogP contribution is 2.24. The molecule has 0 bridgehead atoms. The van der Waals surface area contributed by atoms with Gasteiger partial charge in [-0.05, 0) is 42.2 Å². The van der Waals surface area contributed by atoms with E-state index in [1.807, 2.05) is 36.5 Å². The molecule has 1 N–H and O–H groups in total. The molecule has 1 aromatic carbocycles. The highest BCUT2D eigenvalue weighted by Gasteiger charge is 2.31. The van der Waals surface area contributed by atoms with Crippen molar-refractivity contribution in [3.05, 3.63) is 59.4 Å². The van der Waals surface area contributed by atoms with Crippen molar-refractivity contribution in [1.82, 2.24) is 10.3 Å². The largest absolute Gasteiger partial charge is 0.493 e. The summed E-state index contributed by atoms with van der Waals surface area (Å²) in [5.74, 6) is 0.578. The van der Waals surface area contributed by atoms with Crippen LogP contribution in [0.2, 0.25) is 0 Å². The molecule has 0 aliphatic carbocycles. The van der Waals surface area contributed by atoms with Crippen LogP contribution in [0.3, 0.4) is 0 Å². The summed E-state index contributed by atoms with van der Waals surface area (Å²) in [5.41, 5.74) is 3.34. The van der Waals surface area contributed by atoms with Gasteiger partial charge in [-0.15, -0.1) is 0 Å². The summed E-state index contributed by atoms with van der Waals surface area (Å²) in [5, 5.41) is 1.70. The predicted molar refractivity (Wildman–Crippen MR) is 97.9 cm³/mol. The summed E-state index contributed by atoms with van der Waals surface area (Å²) < 4.78 is 5.79. The minimum atomic E-state index is -0.337. The molecule has 2 heterocycles. The number of aryl methyl sites for hydroxylation is 1. The number of thioether (sulfide) groups is 1. The molecule has 1 saturated heterocycles. The molecule has 25 heavy (non-hydrogen) atoms. The topological polar surface area (TPSA) is 68.3 Å². The van der Waals surface area contributed by atoms with E-state index in [-0.39, 0.29) is 16.4 Å². The molecule has 0 saturated carbocycles. The first-order valence-corrected chi connectivity index (χ1v) is 9.19. The maximum Gasteiger partial charge on any atom is 0.286 e. The van der Waals surface area contributed by atoms with Crippen molar-refractivity contribution < 1.29 is 14.3 Å². The fraction of sp³-hybridized carbons (Fsp3) is 0.316. The van der Waals surface area contributed by atoms with E-state index < -0.39 is 0 Å². The summed E-state index contributed by atoms with van der Waals surface area (Å²) in [6.45, 7) is 2.69. The molecule has 1 aliphatic rings. The highest BCUT2D eigenvalue weighted by atomic mass is 32.2. The van der Waals surface area contributed by atoms with E-state index in [1.54, 1.807) is 0 Å². The molecule has 6 heteroatoms. The zero-order chi connectivity index (χ0) is 17.6. The van der Waals surface area contributed by atoms with Gasteiger partial charge in [-0.3, -0.25) is 19.9 Å². The number of carbonyl (C=O) groups is 2. The third kappa shape index (κ3) is 4.60. The van der Waals surface area contributed by atoms with Crippen LogP contribution in [0.1, 0.15) is 23.7 Å². The first-order chi connectivity index (χ1) is 12.2. The van der Waals surface area contributed by atoms with Gasteiger partial charge < -0.3 is 4.74 Å². The monoisotopic (exact) mass is 356 g/mol. The van der Waals surface area contributed by atoms with Crippen LogP contribution in [0, 0.1) is 0 Å². The average molecular weight is 356 g/mol. The predicted octanol–water partition coefficient (Wildman–Crippen LogP) is 3.16. The second-order valence-electron chi connectivity index (χ2n) is 5.79. The first kappa shape index (κ1) is 17.5. The van der Waals surface area contributed by atoms with Gasteiger partial charge in [0, 0.05) is 18.3 Å². The lowest BCUT2D eigenvalue weighted by atomic mass is 10.1. The van der Waals surface area contributed by atoms with Crippen LogP contribution >= 0.6 is 11.8 Å². The maximum absolute atomic E-state index is 11.6. The lowest BCUT2D eigenvalue weighted by Gasteiger charge is -2.10. The lowest BCUT2D eigenvalue weighted by molar-refractivity contribution is -0.118. The molecule has 0 radical (unpaired) electrons. The zero-order valence-corrected chi connectivity index (χ0v) is 14.8. The Labute approximate surface area is 151 Å². The number of benzene rings is 1. The lowest BCUT2D eigenvalue weighted by Crippen LogP contribution is -2.25. The van der Waals surface area contributed by atoms with Gasteiger partial charge in [-0.2, -0.15) is 0 Å². The van der Waals surface area contributed by atoms with Crippen LogP contribution in [0.4, 0.5) is 4.79 Å². The Balaban J connectivity index is 1.51. The number of aromatic nitrogens is 1. The van der Waals surface area contributed by atoms with Crippen molar-refractivity contribution in [2.75, 3.05) is 6.61 Å². The van der Waals surface area contributed by atoms with E-state index >= 15 is 0 Å². The summed E-state index contributed by atoms with van der Waals surface area (Å²) in [6.07, 6.45) is 4.08. The van der Waals surface area contributed by atoms with E-state index in [4.69, 9.17) is 4.74 Å². The molecule has 2 aromatic rings. The number of rotatable bonds is 7. The van der Waals surface area contributed by atoms with Crippen molar-refractivity contribution in [3.63, 3.8) is 0 Å². The molecule has 0 unspecified atom stereocenters. The van der Waals surface area contributed by atoms with Gasteiger partial charge in [0.1, 0.15) is 5.75 Å². The third-order valence-corrected chi connectivity index (χ3v) is 5.07. The van der Waals surface area contributed by atoms with Gasteiger partial charge in [0.25, 0.3) is 5.24 Å². The molecule has 2 amide bonds. The van der Waals surface area contributed by atoms with E-state index in [0.29, 0.717) is 13.0 Å². The second kappa shape index (κ2) is 8.16. The van der Waals surface area contributed by atoms with E-state index in [9.17, 15) is 9.59 Å². The molecule has 0 spiro atoms. The number of hydrogen-bond acceptors (Lipinski definition) is 5. The Bertz CT molecular complexity index is 762. The Morgan fingerprint density at radius 2 is 2.00 bits per heavy atom. The normalized spacial score (nSPS) is 16.8. The van der Waals surface area contributed by atoms with Crippen molar-refractivity contribution in [2.24, 2.45) is 0 Å². The fourth-order valence-corrected chi connectivity index (χ4v) is 3.61. The Morgan fingerprint density at radius 1 is 1.20 bits per heavy atom. The Morgan fingerprint density at radius 3 is 2.68 bits per heavy atom. The molecule has 3 rings (SSSR count). The van der Waals surface area contributed by atoms with Crippen LogP contribution < -0.4 is 10.1 Å². The van der Waals surface area contributed by atoms with E-state index in [2.05, 4.69) is 23.3 Å². The number of nitrogens with one attached hydrogen (secondary N) is 1. The maximum atomic E-state index is 11.6. The summed E-state index contributed by atoms with van der Waals surface area (Å²) in [4.78, 5) is 27.2. The zero-order valence-electron chi connectivity index (χ0n) is 14.0. The van der Waals surface area contributed by atoms with Crippen LogP contribution in [0.25, 0.3) is 0 Å². The summed E-state index contributed by atoms with van der Waals surface area (Å²) in [6, 6.07) is 11.7. The van der Waals surface area contributed by atoms with Crippen molar-refractivity contribution in [3.8, 4) is 5.75 Å². The van der Waals surface area contributed by atoms with Crippen LogP contribution in [0.15, 0.2) is 42.6 Å². The number of amides is 2. The summed E-state index contributed by atoms with van der Waals surface area (Å²) >= 11 is 1.05. The third-order valence-electron chi connectivity index (χ3n) is 4.08. The standard InChI is InChI=1S/C19H20N2O3S/c1-2-14-4-3-10-20-16(14)9-11-24-15-7-5-13(6-8-15)12-17-18(22)21-19(23)25-17/h3-8,10,17H,2,9,11-12H2,1H3,(H,21,22,23)/t17-/m0/s1.